The van der Waals surface area contributed by atoms with Crippen LogP contribution in [0.4, 0.5) is 11.5 Å². The number of carbonyl (C=O) groups excluding carboxylic acids is 2. The van der Waals surface area contributed by atoms with Gasteiger partial charge < -0.3 is 9.64 Å². The Morgan fingerprint density at radius 3 is 2.58 bits per heavy atom. The highest BCUT2D eigenvalue weighted by Gasteiger charge is 2.42. The number of fused-ring (bicyclic) bond motifs is 2. The van der Waals surface area contributed by atoms with Crippen molar-refractivity contribution in [3.63, 3.8) is 0 Å². The molecule has 9 heteroatoms. The fourth-order valence-corrected chi connectivity index (χ4v) is 5.00. The highest BCUT2D eigenvalue weighted by Crippen LogP contribution is 2.44. The summed E-state index contributed by atoms with van der Waals surface area (Å²) < 4.78 is 18.1. The fourth-order valence-electron chi connectivity index (χ4n) is 4.23. The number of rotatable bonds is 3. The molecule has 0 saturated heterocycles. The summed E-state index contributed by atoms with van der Waals surface area (Å²) in [6.45, 7) is 1.66. The van der Waals surface area contributed by atoms with Gasteiger partial charge in [0, 0.05) is 25.7 Å². The Morgan fingerprint density at radius 2 is 1.88 bits per heavy atom. The zero-order valence-corrected chi connectivity index (χ0v) is 18.5. The van der Waals surface area contributed by atoms with Gasteiger partial charge in [-0.2, -0.15) is 4.98 Å². The van der Waals surface area contributed by atoms with Crippen LogP contribution < -0.4 is 14.5 Å². The van der Waals surface area contributed by atoms with Gasteiger partial charge in [-0.25, -0.2) is 0 Å². The van der Waals surface area contributed by atoms with Gasteiger partial charge in [-0.1, -0.05) is 25.6 Å². The van der Waals surface area contributed by atoms with Gasteiger partial charge in [0.1, 0.15) is 11.5 Å². The predicted molar refractivity (Wildman–Crippen MR) is 126 cm³/mol. The van der Waals surface area contributed by atoms with Crippen LogP contribution in [-0.4, -0.2) is 45.4 Å². The molecule has 0 fully saturated rings. The maximum Gasteiger partial charge on any atom is 0.267 e. The first-order chi connectivity index (χ1) is 15.4. The van der Waals surface area contributed by atoms with Crippen LogP contribution in [0.3, 0.4) is 0 Å². The second-order valence-electron chi connectivity index (χ2n) is 7.69. The van der Waals surface area contributed by atoms with Crippen molar-refractivity contribution in [3.05, 3.63) is 71.5 Å². The number of nitrogens with zero attached hydrogens (tertiary/aromatic N) is 4. The third-order valence-electron chi connectivity index (χ3n) is 5.75. The lowest BCUT2D eigenvalue weighted by molar-refractivity contribution is -0.125. The van der Waals surface area contributed by atoms with E-state index >= 15 is 0 Å². The van der Waals surface area contributed by atoms with Crippen LogP contribution in [0.15, 0.2) is 59.8 Å². The minimum absolute atomic E-state index is 0. The van der Waals surface area contributed by atoms with Gasteiger partial charge in [0.15, 0.2) is 6.10 Å². The van der Waals surface area contributed by atoms with Gasteiger partial charge in [-0.05, 0) is 42.3 Å². The number of amides is 2. The second-order valence-corrected chi connectivity index (χ2v) is 9.04. The Balaban J connectivity index is 0.00000259. The van der Waals surface area contributed by atoms with Crippen LogP contribution in [0.5, 0.6) is 5.88 Å². The van der Waals surface area contributed by atoms with Crippen LogP contribution in [0.2, 0.25) is 0 Å². The Bertz CT molecular complexity index is 1280. The molecule has 0 radical (unpaired) electrons. The van der Waals surface area contributed by atoms with Crippen LogP contribution in [-0.2, 0) is 15.6 Å². The molecule has 3 atom stereocenters. The molecule has 4 heterocycles. The van der Waals surface area contributed by atoms with Gasteiger partial charge >= 0.3 is 0 Å². The summed E-state index contributed by atoms with van der Waals surface area (Å²) in [6, 6.07) is 12.0. The zero-order chi connectivity index (χ0) is 22.6. The smallest absolute Gasteiger partial charge is 0.267 e. The lowest BCUT2D eigenvalue weighted by Gasteiger charge is -2.31. The Morgan fingerprint density at radius 1 is 1.09 bits per heavy atom. The van der Waals surface area contributed by atoms with Crippen LogP contribution >= 0.6 is 0 Å². The highest BCUT2D eigenvalue weighted by atomic mass is 32.2. The molecule has 3 aromatic rings. The first-order valence-electron chi connectivity index (χ1n) is 10.0. The molecule has 33 heavy (non-hydrogen) atoms. The third kappa shape index (κ3) is 3.48. The summed E-state index contributed by atoms with van der Waals surface area (Å²) in [4.78, 5) is 38.3. The van der Waals surface area contributed by atoms with Crippen molar-refractivity contribution in [1.82, 2.24) is 9.97 Å². The van der Waals surface area contributed by atoms with Gasteiger partial charge in [0.05, 0.1) is 27.3 Å². The fraction of sp³-hybridized carbons (Fsp3) is 0.250. The van der Waals surface area contributed by atoms with Crippen molar-refractivity contribution in [2.75, 3.05) is 23.1 Å². The molecule has 0 aliphatic carbocycles. The summed E-state index contributed by atoms with van der Waals surface area (Å²) in [7, 11) is 0.324. The number of pyridine rings is 2. The quantitative estimate of drug-likeness (QED) is 0.590. The molecule has 2 aromatic heterocycles. The molecular weight excluding hydrogens is 440 g/mol. The van der Waals surface area contributed by atoms with Crippen molar-refractivity contribution < 1.29 is 18.5 Å². The average Bonchev–Trinajstić information content (AvgIpc) is 3.10. The lowest BCUT2D eigenvalue weighted by atomic mass is 9.99. The molecule has 0 saturated carbocycles. The topological polar surface area (TPSA) is 92.7 Å². The predicted octanol–water partition coefficient (Wildman–Crippen LogP) is 3.34. The van der Waals surface area contributed by atoms with Crippen molar-refractivity contribution in [3.8, 4) is 5.88 Å². The minimum Gasteiger partial charge on any atom is -0.463 e. The van der Waals surface area contributed by atoms with Crippen molar-refractivity contribution >= 4 is 34.1 Å². The molecule has 170 valence electrons. The van der Waals surface area contributed by atoms with E-state index in [1.165, 1.54) is 4.90 Å². The molecule has 0 spiro atoms. The van der Waals surface area contributed by atoms with E-state index in [9.17, 15) is 13.8 Å². The van der Waals surface area contributed by atoms with Crippen LogP contribution in [0, 0.1) is 0 Å². The first kappa shape index (κ1) is 22.6. The van der Waals surface area contributed by atoms with Gasteiger partial charge in [0.25, 0.3) is 11.8 Å². The SMILES string of the molecule is C.C[C@H]1Oc2nc(N3C(=O)c4c(cccc4S(C)=O)C3c3cccnc3)ccc2N(C)C1=O. The monoisotopic (exact) mass is 464 g/mol. The molecule has 2 aliphatic heterocycles. The van der Waals surface area contributed by atoms with Crippen molar-refractivity contribution in [1.29, 1.82) is 0 Å². The molecule has 0 N–H and O–H groups in total. The Labute approximate surface area is 194 Å². The van der Waals surface area contributed by atoms with Crippen LogP contribution in [0.25, 0.3) is 0 Å². The summed E-state index contributed by atoms with van der Waals surface area (Å²) >= 11 is 0. The van der Waals surface area contributed by atoms with E-state index in [0.717, 1.165) is 11.1 Å². The average molecular weight is 465 g/mol. The lowest BCUT2D eigenvalue weighted by Crippen LogP contribution is -2.42. The Hall–Kier alpha value is -3.59. The third-order valence-corrected chi connectivity index (χ3v) is 6.71. The maximum atomic E-state index is 13.7. The van der Waals surface area contributed by atoms with E-state index in [1.807, 2.05) is 18.2 Å². The van der Waals surface area contributed by atoms with Crippen molar-refractivity contribution in [2.45, 2.75) is 31.4 Å². The van der Waals surface area contributed by atoms with Gasteiger partial charge in [-0.15, -0.1) is 0 Å². The molecule has 8 nitrogen and oxygen atoms in total. The van der Waals surface area contributed by atoms with Crippen LogP contribution in [0.1, 0.15) is 41.9 Å². The maximum absolute atomic E-state index is 13.7. The summed E-state index contributed by atoms with van der Waals surface area (Å²) in [5.74, 6) is 0.201. The highest BCUT2D eigenvalue weighted by molar-refractivity contribution is 7.84. The molecule has 2 unspecified atom stereocenters. The largest absolute Gasteiger partial charge is 0.463 e. The number of aromatic nitrogens is 2. The minimum atomic E-state index is -1.34. The summed E-state index contributed by atoms with van der Waals surface area (Å²) in [6.07, 6.45) is 4.26. The van der Waals surface area contributed by atoms with Gasteiger partial charge in [-0.3, -0.25) is 23.7 Å². The first-order valence-corrected chi connectivity index (χ1v) is 11.6. The normalized spacial score (nSPS) is 20.0. The molecule has 5 rings (SSSR count). The number of likely N-dealkylation sites (N-methyl/N-ethyl adjacent to an activating group) is 1. The summed E-state index contributed by atoms with van der Waals surface area (Å²) in [5.41, 5.74) is 2.51. The number of ether oxygens (including phenoxy) is 1. The van der Waals surface area contributed by atoms with E-state index < -0.39 is 22.9 Å². The van der Waals surface area contributed by atoms with Crippen molar-refractivity contribution in [2.24, 2.45) is 0 Å². The number of benzene rings is 1. The molecule has 1 aromatic carbocycles. The van der Waals surface area contributed by atoms with E-state index in [0.29, 0.717) is 22.0 Å². The van der Waals surface area contributed by atoms with Gasteiger partial charge in [0.2, 0.25) is 5.88 Å². The molecular formula is C24H24N4O4S. The number of carbonyl (C=O) groups is 2. The summed E-state index contributed by atoms with van der Waals surface area (Å²) in [5, 5.41) is 0. The number of hydrogen-bond donors (Lipinski definition) is 0. The zero-order valence-electron chi connectivity index (χ0n) is 17.7. The number of hydrogen-bond acceptors (Lipinski definition) is 6. The standard InChI is InChI=1S/C23H20N4O4S.CH4/c1-13-22(28)26(2)16-9-10-18(25-21(16)31-13)27-20(14-6-5-11-24-12-14)15-7-4-8-17(32(3)30)19(15)23(27)29;/h4-13,20H,1-3H3;1H4/t13-,20?,32?;/m1./s1. The Kier molecular flexibility index (Phi) is 5.75. The van der Waals surface area contributed by atoms with E-state index in [2.05, 4.69) is 9.97 Å². The second kappa shape index (κ2) is 8.40. The molecule has 2 amide bonds. The van der Waals surface area contributed by atoms with E-state index in [-0.39, 0.29) is 25.1 Å². The van der Waals surface area contributed by atoms with E-state index in [1.54, 1.807) is 61.8 Å². The number of anilines is 2. The van der Waals surface area contributed by atoms with E-state index in [4.69, 9.17) is 4.74 Å². The molecule has 0 bridgehead atoms. The molecule has 2 aliphatic rings.